The van der Waals surface area contributed by atoms with Gasteiger partial charge in [0, 0.05) is 24.2 Å². The third-order valence-electron chi connectivity index (χ3n) is 5.01. The molecule has 0 aliphatic heterocycles. The zero-order valence-corrected chi connectivity index (χ0v) is 20.4. The lowest BCUT2D eigenvalue weighted by atomic mass is 9.87. The van der Waals surface area contributed by atoms with E-state index in [1.165, 1.54) is 0 Å². The highest BCUT2D eigenvalue weighted by atomic mass is 35.5. The molecule has 0 spiro atoms. The van der Waals surface area contributed by atoms with Gasteiger partial charge >= 0.3 is 0 Å². The molecule has 6 nitrogen and oxygen atoms in total. The Morgan fingerprint density at radius 3 is 2.38 bits per heavy atom. The minimum Gasteiger partial charge on any atom is -0.395 e. The van der Waals surface area contributed by atoms with Crippen molar-refractivity contribution in [1.82, 2.24) is 0 Å². The van der Waals surface area contributed by atoms with E-state index in [1.54, 1.807) is 39.0 Å². The maximum atomic E-state index is 13.1. The standard InChI is InChI=1S/C25H32ClN3O3/c1-7-29(12-13-30)18-9-11-20(17(3)15-18)27-22(23(31)25(4,5)6)24(32)28-21-14-16(2)8-10-19(21)26/h8-11,14-15,30H,7,12-13H2,1-6H3,(H,28,32). The maximum absolute atomic E-state index is 13.1. The molecule has 0 aromatic heterocycles. The summed E-state index contributed by atoms with van der Waals surface area (Å²) in [5, 5.41) is 12.4. The number of aryl methyl sites for hydroxylation is 2. The number of aliphatic hydroxyl groups is 1. The largest absolute Gasteiger partial charge is 0.395 e. The lowest BCUT2D eigenvalue weighted by Gasteiger charge is -2.23. The number of ketones is 1. The molecule has 0 bridgehead atoms. The Morgan fingerprint density at radius 1 is 1.12 bits per heavy atom. The molecule has 32 heavy (non-hydrogen) atoms. The van der Waals surface area contributed by atoms with E-state index in [4.69, 9.17) is 11.6 Å². The van der Waals surface area contributed by atoms with Gasteiger partial charge in [0.1, 0.15) is 0 Å². The van der Waals surface area contributed by atoms with Gasteiger partial charge in [-0.2, -0.15) is 0 Å². The third-order valence-corrected chi connectivity index (χ3v) is 5.34. The zero-order chi connectivity index (χ0) is 24.1. The first kappa shape index (κ1) is 25.6. The number of carbonyl (C=O) groups excluding carboxylic acids is 2. The Labute approximate surface area is 195 Å². The van der Waals surface area contributed by atoms with Crippen LogP contribution >= 0.6 is 11.6 Å². The number of carbonyl (C=O) groups is 2. The summed E-state index contributed by atoms with van der Waals surface area (Å²) in [6.07, 6.45) is 0. The van der Waals surface area contributed by atoms with Crippen LogP contribution < -0.4 is 10.2 Å². The Kier molecular flexibility index (Phi) is 8.58. The van der Waals surface area contributed by atoms with Crippen LogP contribution in [0, 0.1) is 19.3 Å². The molecule has 0 fully saturated rings. The molecule has 0 saturated carbocycles. The van der Waals surface area contributed by atoms with Crippen LogP contribution in [0.5, 0.6) is 0 Å². The molecule has 0 unspecified atom stereocenters. The van der Waals surface area contributed by atoms with Crippen molar-refractivity contribution < 1.29 is 14.7 Å². The summed E-state index contributed by atoms with van der Waals surface area (Å²) in [4.78, 5) is 32.8. The predicted octanol–water partition coefficient (Wildman–Crippen LogP) is 5.10. The number of amides is 1. The van der Waals surface area contributed by atoms with Crippen LogP contribution in [0.1, 0.15) is 38.8 Å². The molecule has 2 aromatic rings. The maximum Gasteiger partial charge on any atom is 0.278 e. The predicted molar refractivity (Wildman–Crippen MR) is 133 cm³/mol. The van der Waals surface area contributed by atoms with E-state index >= 15 is 0 Å². The molecule has 0 radical (unpaired) electrons. The summed E-state index contributed by atoms with van der Waals surface area (Å²) in [6, 6.07) is 10.9. The van der Waals surface area contributed by atoms with Crippen LogP contribution in [0.4, 0.5) is 17.1 Å². The first-order valence-corrected chi connectivity index (χ1v) is 11.0. The second-order valence-corrected chi connectivity index (χ2v) is 9.16. The highest BCUT2D eigenvalue weighted by molar-refractivity contribution is 6.68. The van der Waals surface area contributed by atoms with E-state index in [9.17, 15) is 14.7 Å². The normalized spacial score (nSPS) is 11.9. The van der Waals surface area contributed by atoms with Crippen molar-refractivity contribution in [3.63, 3.8) is 0 Å². The van der Waals surface area contributed by atoms with Crippen molar-refractivity contribution in [3.8, 4) is 0 Å². The van der Waals surface area contributed by atoms with E-state index in [2.05, 4.69) is 10.3 Å². The Bertz CT molecular complexity index is 1030. The number of hydrogen-bond acceptors (Lipinski definition) is 5. The number of aliphatic hydroxyl groups excluding tert-OH is 1. The fourth-order valence-electron chi connectivity index (χ4n) is 3.15. The topological polar surface area (TPSA) is 82.0 Å². The molecular weight excluding hydrogens is 426 g/mol. The van der Waals surface area contributed by atoms with Gasteiger partial charge in [0.15, 0.2) is 11.5 Å². The van der Waals surface area contributed by atoms with E-state index in [0.717, 1.165) is 23.4 Å². The number of rotatable bonds is 8. The number of benzene rings is 2. The molecule has 172 valence electrons. The zero-order valence-electron chi connectivity index (χ0n) is 19.6. The van der Waals surface area contributed by atoms with Crippen LogP contribution in [0.15, 0.2) is 41.4 Å². The van der Waals surface area contributed by atoms with Crippen LogP contribution in [0.2, 0.25) is 5.02 Å². The van der Waals surface area contributed by atoms with Crippen molar-refractivity contribution >= 4 is 46.1 Å². The Balaban J connectivity index is 2.48. The molecule has 2 rings (SSSR count). The number of aliphatic imine (C=N–C) groups is 1. The van der Waals surface area contributed by atoms with Crippen LogP contribution in [-0.4, -0.2) is 42.2 Å². The van der Waals surface area contributed by atoms with E-state index in [-0.39, 0.29) is 18.1 Å². The van der Waals surface area contributed by atoms with Crippen molar-refractivity contribution in [3.05, 3.63) is 52.5 Å². The van der Waals surface area contributed by atoms with Gasteiger partial charge in [-0.05, 0) is 62.2 Å². The molecular formula is C25H32ClN3O3. The number of halogens is 1. The summed E-state index contributed by atoms with van der Waals surface area (Å²) >= 11 is 6.22. The lowest BCUT2D eigenvalue weighted by Crippen LogP contribution is -2.37. The van der Waals surface area contributed by atoms with Crippen molar-refractivity contribution in [2.45, 2.75) is 41.5 Å². The van der Waals surface area contributed by atoms with Gasteiger partial charge in [-0.1, -0.05) is 38.4 Å². The fraction of sp³-hybridized carbons (Fsp3) is 0.400. The molecule has 1 amide bonds. The second kappa shape index (κ2) is 10.7. The minimum atomic E-state index is -0.791. The fourth-order valence-corrected chi connectivity index (χ4v) is 3.31. The number of anilines is 2. The van der Waals surface area contributed by atoms with Crippen molar-refractivity contribution in [2.24, 2.45) is 10.4 Å². The van der Waals surface area contributed by atoms with Crippen molar-refractivity contribution in [2.75, 3.05) is 29.9 Å². The summed E-state index contributed by atoms with van der Waals surface area (Å²) in [5.41, 5.74) is 2.69. The smallest absolute Gasteiger partial charge is 0.278 e. The number of likely N-dealkylation sites (N-methyl/N-ethyl adjacent to an activating group) is 1. The summed E-state index contributed by atoms with van der Waals surface area (Å²) in [7, 11) is 0. The van der Waals surface area contributed by atoms with E-state index in [0.29, 0.717) is 22.9 Å². The number of nitrogens with one attached hydrogen (secondary N) is 1. The van der Waals surface area contributed by atoms with Gasteiger partial charge in [0.2, 0.25) is 0 Å². The summed E-state index contributed by atoms with van der Waals surface area (Å²) in [5.74, 6) is -0.964. The van der Waals surface area contributed by atoms with Crippen molar-refractivity contribution in [1.29, 1.82) is 0 Å². The number of nitrogens with zero attached hydrogens (tertiary/aromatic N) is 2. The first-order chi connectivity index (χ1) is 15.0. The molecule has 0 atom stereocenters. The minimum absolute atomic E-state index is 0.0543. The van der Waals surface area contributed by atoms with Gasteiger partial charge in [0.25, 0.3) is 5.91 Å². The average molecular weight is 458 g/mol. The van der Waals surface area contributed by atoms with Gasteiger partial charge in [-0.15, -0.1) is 0 Å². The highest BCUT2D eigenvalue weighted by Gasteiger charge is 2.31. The molecule has 0 saturated heterocycles. The monoisotopic (exact) mass is 457 g/mol. The SMILES string of the molecule is CCN(CCO)c1ccc(N=C(C(=O)Nc2cc(C)ccc2Cl)C(=O)C(C)(C)C)c(C)c1. The lowest BCUT2D eigenvalue weighted by molar-refractivity contribution is -0.121. The molecule has 0 heterocycles. The van der Waals surface area contributed by atoms with E-state index in [1.807, 2.05) is 43.9 Å². The quantitative estimate of drug-likeness (QED) is 0.426. The molecule has 2 N–H and O–H groups in total. The highest BCUT2D eigenvalue weighted by Crippen LogP contribution is 2.27. The van der Waals surface area contributed by atoms with Crippen LogP contribution in [-0.2, 0) is 9.59 Å². The summed E-state index contributed by atoms with van der Waals surface area (Å²) < 4.78 is 0. The molecule has 0 aliphatic rings. The average Bonchev–Trinajstić information content (AvgIpc) is 2.72. The van der Waals surface area contributed by atoms with Gasteiger partial charge in [-0.25, -0.2) is 4.99 Å². The molecule has 2 aromatic carbocycles. The second-order valence-electron chi connectivity index (χ2n) is 8.75. The van der Waals surface area contributed by atoms with Crippen LogP contribution in [0.25, 0.3) is 0 Å². The van der Waals surface area contributed by atoms with Crippen LogP contribution in [0.3, 0.4) is 0 Å². The number of hydrogen-bond donors (Lipinski definition) is 2. The van der Waals surface area contributed by atoms with Gasteiger partial charge in [-0.3, -0.25) is 9.59 Å². The third kappa shape index (κ3) is 6.40. The first-order valence-electron chi connectivity index (χ1n) is 10.6. The van der Waals surface area contributed by atoms with E-state index < -0.39 is 11.3 Å². The van der Waals surface area contributed by atoms with Gasteiger partial charge in [0.05, 0.1) is 23.0 Å². The molecule has 0 aliphatic carbocycles. The summed E-state index contributed by atoms with van der Waals surface area (Å²) in [6.45, 7) is 12.4. The molecule has 7 heteroatoms. The van der Waals surface area contributed by atoms with Gasteiger partial charge < -0.3 is 15.3 Å². The Morgan fingerprint density at radius 2 is 1.81 bits per heavy atom. The number of Topliss-reactive ketones (excluding diaryl/α,β-unsaturated/α-hetero) is 1. The Hall–Kier alpha value is -2.70.